The number of hydrogen-bond donors (Lipinski definition) is 0. The minimum atomic E-state index is 0. The molecule has 0 aliphatic rings. The van der Waals surface area contributed by atoms with Gasteiger partial charge in [0.25, 0.3) is 0 Å². The van der Waals surface area contributed by atoms with Crippen molar-refractivity contribution in [2.45, 2.75) is 0 Å². The first-order valence-electron chi connectivity index (χ1n) is 0. The Kier molecular flexibility index (Phi) is 1240. The van der Waals surface area contributed by atoms with Crippen LogP contribution in [0.5, 0.6) is 0 Å². The van der Waals surface area contributed by atoms with Crippen molar-refractivity contribution in [3.05, 3.63) is 0 Å². The van der Waals surface area contributed by atoms with Crippen molar-refractivity contribution < 1.29 is 39.0 Å². The summed E-state index contributed by atoms with van der Waals surface area (Å²) in [6, 6.07) is 0. The zero-order chi connectivity index (χ0) is 0. The first-order valence-corrected chi connectivity index (χ1v) is 0. The van der Waals surface area contributed by atoms with Crippen LogP contribution in [0.1, 0.15) is 0 Å². The Balaban J connectivity index is 0. The molecule has 4 nitrogen and oxygen atoms in total. The molecule has 0 aromatic heterocycles. The molecule has 0 saturated carbocycles. The van der Waals surface area contributed by atoms with Crippen molar-refractivity contribution in [2.24, 2.45) is 0 Å². The molecule has 0 spiro atoms. The van der Waals surface area contributed by atoms with Gasteiger partial charge >= 0.3 is 62.6 Å². The van der Waals surface area contributed by atoms with E-state index in [1.54, 1.807) is 0 Å². The van der Waals surface area contributed by atoms with Gasteiger partial charge in [0.15, 0.2) is 0 Å². The fourth-order valence-corrected chi connectivity index (χ4v) is 0. The summed E-state index contributed by atoms with van der Waals surface area (Å²) in [5.74, 6) is 0. The summed E-state index contributed by atoms with van der Waals surface area (Å²) in [7, 11) is 0. The van der Waals surface area contributed by atoms with Gasteiger partial charge in [0, 0.05) is 0 Å². The Labute approximate surface area is 83.3 Å². The SMILES string of the molecule is [Fe+2].[OH-].[OH-].[OH-].[OH-].[Sr+2]. The Morgan fingerprint density at radius 1 is 0.500 bits per heavy atom. The summed E-state index contributed by atoms with van der Waals surface area (Å²) in [5.41, 5.74) is 0. The molecule has 0 saturated heterocycles. The molecule has 0 aliphatic carbocycles. The Morgan fingerprint density at radius 3 is 0.500 bits per heavy atom. The molecular formula is H4FeO4Sr. The monoisotopic (exact) mass is 212 g/mol. The van der Waals surface area contributed by atoms with Crippen LogP contribution in [0.15, 0.2) is 0 Å². The normalized spacial score (nSPS) is 0. The van der Waals surface area contributed by atoms with Gasteiger partial charge in [0.2, 0.25) is 0 Å². The maximum atomic E-state index is 0. The van der Waals surface area contributed by atoms with E-state index >= 15 is 0 Å². The molecule has 38 valence electrons. The van der Waals surface area contributed by atoms with Crippen molar-refractivity contribution in [1.29, 1.82) is 0 Å². The second-order valence-corrected chi connectivity index (χ2v) is 0. The third-order valence-electron chi connectivity index (χ3n) is 0. The zero-order valence-electron chi connectivity index (χ0n) is 2.85. The van der Waals surface area contributed by atoms with Crippen LogP contribution in [0.2, 0.25) is 0 Å². The summed E-state index contributed by atoms with van der Waals surface area (Å²) in [6.07, 6.45) is 0. The average Bonchev–Trinajstić information content (AvgIpc) is 0. The van der Waals surface area contributed by atoms with Gasteiger partial charge in [-0.05, 0) is 0 Å². The third-order valence-corrected chi connectivity index (χ3v) is 0. The molecule has 0 aliphatic heterocycles. The Hall–Kier alpha value is 1.84. The molecule has 0 fully saturated rings. The van der Waals surface area contributed by atoms with E-state index in [-0.39, 0.29) is 84.5 Å². The molecule has 0 unspecified atom stereocenters. The smallest absolute Gasteiger partial charge is 0.870 e. The van der Waals surface area contributed by atoms with E-state index in [0.717, 1.165) is 0 Å². The van der Waals surface area contributed by atoms with Gasteiger partial charge in [-0.2, -0.15) is 0 Å². The molecular weight excluding hydrogens is 207 g/mol. The Bertz CT molecular complexity index is 7.51. The average molecular weight is 211 g/mol. The molecule has 4 N–H and O–H groups in total. The van der Waals surface area contributed by atoms with E-state index in [9.17, 15) is 0 Å². The molecule has 6 heteroatoms. The molecule has 0 atom stereocenters. The predicted molar refractivity (Wildman–Crippen MR) is 13.5 cm³/mol. The van der Waals surface area contributed by atoms with Crippen LogP contribution in [0, 0.1) is 0 Å². The summed E-state index contributed by atoms with van der Waals surface area (Å²) < 4.78 is 0. The van der Waals surface area contributed by atoms with Crippen LogP contribution in [0.4, 0.5) is 0 Å². The van der Waals surface area contributed by atoms with Crippen LogP contribution in [-0.2, 0) is 17.1 Å². The Morgan fingerprint density at radius 2 is 0.500 bits per heavy atom. The van der Waals surface area contributed by atoms with E-state index in [0.29, 0.717) is 0 Å². The van der Waals surface area contributed by atoms with Crippen LogP contribution in [0.25, 0.3) is 0 Å². The van der Waals surface area contributed by atoms with Gasteiger partial charge in [-0.1, -0.05) is 0 Å². The van der Waals surface area contributed by atoms with Crippen LogP contribution in [-0.4, -0.2) is 67.4 Å². The van der Waals surface area contributed by atoms with Gasteiger partial charge < -0.3 is 21.9 Å². The second kappa shape index (κ2) is 68.9. The van der Waals surface area contributed by atoms with Crippen LogP contribution >= 0.6 is 0 Å². The fourth-order valence-electron chi connectivity index (χ4n) is 0. The van der Waals surface area contributed by atoms with Gasteiger partial charge in [-0.25, -0.2) is 0 Å². The van der Waals surface area contributed by atoms with Crippen LogP contribution < -0.4 is 0 Å². The molecule has 0 heterocycles. The number of rotatable bonds is 0. The van der Waals surface area contributed by atoms with Crippen molar-refractivity contribution in [2.75, 3.05) is 0 Å². The van der Waals surface area contributed by atoms with Gasteiger partial charge in [0.1, 0.15) is 0 Å². The molecule has 0 rings (SSSR count). The summed E-state index contributed by atoms with van der Waals surface area (Å²) in [5, 5.41) is 0. The maximum Gasteiger partial charge on any atom is 2.00 e. The zero-order valence-corrected chi connectivity index (χ0v) is 7.43. The molecule has 0 radical (unpaired) electrons. The summed E-state index contributed by atoms with van der Waals surface area (Å²) in [4.78, 5) is 0. The topological polar surface area (TPSA) is 120 Å². The van der Waals surface area contributed by atoms with Crippen molar-refractivity contribution in [3.8, 4) is 0 Å². The third kappa shape index (κ3) is 40.4. The first-order chi connectivity index (χ1) is 0. The minimum absolute atomic E-state index is 0. The first kappa shape index (κ1) is 108. The fraction of sp³-hybridized carbons (Fsp3) is 0. The van der Waals surface area contributed by atoms with Crippen molar-refractivity contribution in [1.82, 2.24) is 0 Å². The van der Waals surface area contributed by atoms with E-state index < -0.39 is 0 Å². The number of hydrogen-bond acceptors (Lipinski definition) is 4. The molecule has 0 bridgehead atoms. The largest absolute Gasteiger partial charge is 2.00 e. The molecule has 0 amide bonds. The maximum absolute atomic E-state index is 0. The summed E-state index contributed by atoms with van der Waals surface area (Å²) in [6.45, 7) is 0. The minimum Gasteiger partial charge on any atom is -0.870 e. The van der Waals surface area contributed by atoms with E-state index in [2.05, 4.69) is 0 Å². The van der Waals surface area contributed by atoms with E-state index in [1.807, 2.05) is 0 Å². The van der Waals surface area contributed by atoms with E-state index in [4.69, 9.17) is 0 Å². The van der Waals surface area contributed by atoms with Gasteiger partial charge in [0.05, 0.1) is 0 Å². The molecule has 0 aromatic rings. The standard InChI is InChI=1S/Fe.4H2O.Sr/h;4*1H2;/q+2;;;;;+2/p-4. The van der Waals surface area contributed by atoms with Gasteiger partial charge in [-0.15, -0.1) is 0 Å². The quantitative estimate of drug-likeness (QED) is 0.473. The molecule has 6 heavy (non-hydrogen) atoms. The van der Waals surface area contributed by atoms with E-state index in [1.165, 1.54) is 0 Å². The van der Waals surface area contributed by atoms with Crippen LogP contribution in [0.3, 0.4) is 0 Å². The molecule has 0 aromatic carbocycles. The van der Waals surface area contributed by atoms with Gasteiger partial charge in [-0.3, -0.25) is 0 Å². The predicted octanol–water partition coefficient (Wildman–Crippen LogP) is -1.09. The van der Waals surface area contributed by atoms with Crippen molar-refractivity contribution >= 4 is 45.5 Å². The van der Waals surface area contributed by atoms with Crippen molar-refractivity contribution in [3.63, 3.8) is 0 Å². The second-order valence-electron chi connectivity index (χ2n) is 0. The summed E-state index contributed by atoms with van der Waals surface area (Å²) >= 11 is 0.